The van der Waals surface area contributed by atoms with E-state index in [2.05, 4.69) is 15.5 Å². The summed E-state index contributed by atoms with van der Waals surface area (Å²) in [6.07, 6.45) is 0. The van der Waals surface area contributed by atoms with Gasteiger partial charge in [-0.05, 0) is 48.5 Å². The quantitative estimate of drug-likeness (QED) is 0.319. The van der Waals surface area contributed by atoms with Crippen molar-refractivity contribution in [1.29, 1.82) is 0 Å². The summed E-state index contributed by atoms with van der Waals surface area (Å²) in [6.45, 7) is 0. The molecule has 1 N–H and O–H groups in total. The molecule has 0 fully saturated rings. The molecule has 9 nitrogen and oxygen atoms in total. The van der Waals surface area contributed by atoms with Crippen molar-refractivity contribution in [2.45, 2.75) is 10.1 Å². The molecular weight excluding hydrogens is 517 g/mol. The number of ether oxygens (including phenoxy) is 1. The highest BCUT2D eigenvalue weighted by molar-refractivity contribution is 7.99. The molecule has 192 valence electrons. The summed E-state index contributed by atoms with van der Waals surface area (Å²) in [5, 5.41) is 11.7. The summed E-state index contributed by atoms with van der Waals surface area (Å²) in [5.74, 6) is 0.303. The summed E-state index contributed by atoms with van der Waals surface area (Å²) >= 11 is 1.15. The van der Waals surface area contributed by atoms with Gasteiger partial charge in [0.05, 0.1) is 23.4 Å². The Morgan fingerprint density at radius 3 is 2.49 bits per heavy atom. The van der Waals surface area contributed by atoms with Crippen LogP contribution in [0.5, 0.6) is 5.75 Å². The fraction of sp³-hybridized carbons (Fsp3) is 0.160. The minimum atomic E-state index is -3.67. The third kappa shape index (κ3) is 5.98. The van der Waals surface area contributed by atoms with Crippen LogP contribution < -0.4 is 10.1 Å². The number of hydrogen-bond donors (Lipinski definition) is 1. The van der Waals surface area contributed by atoms with Crippen molar-refractivity contribution in [3.63, 3.8) is 0 Å². The maximum Gasteiger partial charge on any atom is 0.242 e. The number of methoxy groups -OCH3 is 1. The lowest BCUT2D eigenvalue weighted by Gasteiger charge is -2.14. The van der Waals surface area contributed by atoms with E-state index >= 15 is 0 Å². The molecule has 0 aliphatic heterocycles. The molecule has 4 rings (SSSR count). The van der Waals surface area contributed by atoms with Crippen molar-refractivity contribution in [3.05, 3.63) is 78.6 Å². The number of aromatic nitrogens is 3. The average molecular weight is 542 g/mol. The Bertz CT molecular complexity index is 1520. The first-order valence-electron chi connectivity index (χ1n) is 11.0. The molecule has 0 saturated carbocycles. The van der Waals surface area contributed by atoms with E-state index in [0.717, 1.165) is 16.1 Å². The largest absolute Gasteiger partial charge is 0.497 e. The highest BCUT2D eigenvalue weighted by Gasteiger charge is 2.21. The minimum Gasteiger partial charge on any atom is -0.497 e. The monoisotopic (exact) mass is 541 g/mol. The molecular formula is C25H24FN5O4S2. The van der Waals surface area contributed by atoms with Crippen molar-refractivity contribution in [2.75, 3.05) is 32.3 Å². The summed E-state index contributed by atoms with van der Waals surface area (Å²) in [6, 6.07) is 19.1. The van der Waals surface area contributed by atoms with Gasteiger partial charge in [0.2, 0.25) is 15.9 Å². The van der Waals surface area contributed by atoms with Gasteiger partial charge in [0, 0.05) is 31.4 Å². The Morgan fingerprint density at radius 2 is 1.78 bits per heavy atom. The zero-order valence-electron chi connectivity index (χ0n) is 20.3. The first kappa shape index (κ1) is 26.3. The van der Waals surface area contributed by atoms with Crippen LogP contribution in [0, 0.1) is 5.82 Å². The van der Waals surface area contributed by atoms with Gasteiger partial charge in [-0.2, -0.15) is 0 Å². The number of amides is 1. The fourth-order valence-electron chi connectivity index (χ4n) is 3.40. The molecule has 37 heavy (non-hydrogen) atoms. The Hall–Kier alpha value is -3.74. The number of rotatable bonds is 9. The van der Waals surface area contributed by atoms with Gasteiger partial charge >= 0.3 is 0 Å². The predicted octanol–water partition coefficient (Wildman–Crippen LogP) is 4.06. The molecule has 0 aliphatic rings. The third-order valence-corrected chi connectivity index (χ3v) is 8.02. The molecule has 0 unspecified atom stereocenters. The van der Waals surface area contributed by atoms with Crippen LogP contribution in [-0.2, 0) is 14.8 Å². The molecule has 4 aromatic rings. The number of hydrogen-bond acceptors (Lipinski definition) is 7. The molecule has 1 amide bonds. The van der Waals surface area contributed by atoms with Crippen LogP contribution in [0.15, 0.2) is 82.8 Å². The van der Waals surface area contributed by atoms with Gasteiger partial charge in [-0.15, -0.1) is 10.2 Å². The van der Waals surface area contributed by atoms with Crippen LogP contribution in [0.1, 0.15) is 0 Å². The Balaban J connectivity index is 1.69. The minimum absolute atomic E-state index is 0.00846. The smallest absolute Gasteiger partial charge is 0.242 e. The second-order valence-corrected chi connectivity index (χ2v) is 11.1. The third-order valence-electron chi connectivity index (χ3n) is 5.28. The van der Waals surface area contributed by atoms with E-state index in [1.54, 1.807) is 42.0 Å². The number of halogens is 1. The molecule has 1 heterocycles. The number of carbonyl (C=O) groups is 1. The lowest BCUT2D eigenvalue weighted by Crippen LogP contribution is -2.22. The standard InChI is InChI=1S/C25H24FN5O4S2/c1-30(2)37(33,34)22-9-4-6-17(14-22)24-28-29-25(31(24)20-7-5-8-21(15-20)35-3)36-16-23(32)27-19-12-10-18(26)11-13-19/h4-15H,16H2,1-3H3,(H,27,32). The number of anilines is 1. The zero-order chi connectivity index (χ0) is 26.6. The van der Waals surface area contributed by atoms with Crippen LogP contribution in [0.2, 0.25) is 0 Å². The van der Waals surface area contributed by atoms with Gasteiger partial charge in [0.25, 0.3) is 0 Å². The van der Waals surface area contributed by atoms with E-state index < -0.39 is 15.8 Å². The average Bonchev–Trinajstić information content (AvgIpc) is 3.33. The molecule has 3 aromatic carbocycles. The van der Waals surface area contributed by atoms with Crippen LogP contribution in [0.25, 0.3) is 17.1 Å². The molecule has 1 aromatic heterocycles. The first-order chi connectivity index (χ1) is 17.7. The van der Waals surface area contributed by atoms with Gasteiger partial charge < -0.3 is 10.1 Å². The van der Waals surface area contributed by atoms with E-state index in [-0.39, 0.29) is 16.6 Å². The predicted molar refractivity (Wildman–Crippen MR) is 140 cm³/mol. The van der Waals surface area contributed by atoms with E-state index in [1.165, 1.54) is 50.5 Å². The Kier molecular flexibility index (Phi) is 7.91. The molecule has 0 radical (unpaired) electrons. The SMILES string of the molecule is COc1cccc(-n2c(SCC(=O)Nc3ccc(F)cc3)nnc2-c2cccc(S(=O)(=O)N(C)C)c2)c1. The maximum atomic E-state index is 13.1. The Morgan fingerprint density at radius 1 is 1.05 bits per heavy atom. The Labute approximate surface area is 218 Å². The van der Waals surface area contributed by atoms with Crippen LogP contribution >= 0.6 is 11.8 Å². The number of sulfonamides is 1. The highest BCUT2D eigenvalue weighted by atomic mass is 32.2. The van der Waals surface area contributed by atoms with Crippen LogP contribution in [-0.4, -0.2) is 60.4 Å². The van der Waals surface area contributed by atoms with Crippen molar-refractivity contribution in [2.24, 2.45) is 0 Å². The molecule has 0 saturated heterocycles. The van der Waals surface area contributed by atoms with Crippen molar-refractivity contribution < 1.29 is 22.3 Å². The van der Waals surface area contributed by atoms with Crippen molar-refractivity contribution >= 4 is 33.4 Å². The molecule has 0 aliphatic carbocycles. The number of benzene rings is 3. The molecule has 12 heteroatoms. The fourth-order valence-corrected chi connectivity index (χ4v) is 5.10. The lowest BCUT2D eigenvalue weighted by atomic mass is 10.2. The molecule has 0 spiro atoms. The van der Waals surface area contributed by atoms with E-state index in [4.69, 9.17) is 4.74 Å². The van der Waals surface area contributed by atoms with Crippen LogP contribution in [0.3, 0.4) is 0 Å². The van der Waals surface area contributed by atoms with Crippen molar-refractivity contribution in [1.82, 2.24) is 19.1 Å². The summed E-state index contributed by atoms with van der Waals surface area (Å²) in [4.78, 5) is 12.7. The summed E-state index contributed by atoms with van der Waals surface area (Å²) in [5.41, 5.74) is 1.67. The lowest BCUT2D eigenvalue weighted by molar-refractivity contribution is -0.113. The van der Waals surface area contributed by atoms with Gasteiger partial charge in [-0.25, -0.2) is 17.1 Å². The second-order valence-electron chi connectivity index (χ2n) is 8.00. The maximum absolute atomic E-state index is 13.1. The number of carbonyl (C=O) groups excluding carboxylic acids is 1. The molecule has 0 atom stereocenters. The topological polar surface area (TPSA) is 106 Å². The van der Waals surface area contributed by atoms with E-state index in [0.29, 0.717) is 33.7 Å². The molecule has 0 bridgehead atoms. The highest BCUT2D eigenvalue weighted by Crippen LogP contribution is 2.31. The van der Waals surface area contributed by atoms with Gasteiger partial charge in [-0.3, -0.25) is 9.36 Å². The first-order valence-corrected chi connectivity index (χ1v) is 13.4. The summed E-state index contributed by atoms with van der Waals surface area (Å²) < 4.78 is 46.8. The number of nitrogens with zero attached hydrogens (tertiary/aromatic N) is 4. The summed E-state index contributed by atoms with van der Waals surface area (Å²) in [7, 11) is 0.814. The number of thioether (sulfide) groups is 1. The van der Waals surface area contributed by atoms with Gasteiger partial charge in [-0.1, -0.05) is 30.0 Å². The van der Waals surface area contributed by atoms with Gasteiger partial charge in [0.1, 0.15) is 11.6 Å². The van der Waals surface area contributed by atoms with Crippen LogP contribution in [0.4, 0.5) is 10.1 Å². The van der Waals surface area contributed by atoms with Gasteiger partial charge in [0.15, 0.2) is 11.0 Å². The van der Waals surface area contributed by atoms with Crippen molar-refractivity contribution in [3.8, 4) is 22.8 Å². The number of nitrogens with one attached hydrogen (secondary N) is 1. The zero-order valence-corrected chi connectivity index (χ0v) is 21.9. The van der Waals surface area contributed by atoms with E-state index in [1.807, 2.05) is 6.07 Å². The van der Waals surface area contributed by atoms with E-state index in [9.17, 15) is 17.6 Å². The second kappa shape index (κ2) is 11.1. The normalized spacial score (nSPS) is 11.5.